The number of aliphatic imine (C=N–C) groups is 2. The van der Waals surface area contributed by atoms with Crippen molar-refractivity contribution < 1.29 is 211 Å². The molecule has 0 N–H and O–H groups in total. The van der Waals surface area contributed by atoms with Crippen LogP contribution >= 0.6 is 0 Å². The van der Waals surface area contributed by atoms with Crippen molar-refractivity contribution in [3.63, 3.8) is 0 Å². The molecule has 0 aromatic heterocycles. The molecule has 80 heavy (non-hydrogen) atoms. The number of carbonyl (C=O) groups is 3. The molecule has 8 unspecified atom stereocenters. The van der Waals surface area contributed by atoms with Gasteiger partial charge < -0.3 is 24.4 Å². The monoisotopic (exact) mass is 1520 g/mol. The standard InChI is InChI=1S/C12H15.C11H12N.C11H13O.C11H11.C10H10NO.C10H9O.2C2H6.6Y/c1-8-4-5-11-7-9(2)10(3)12(11)6-8;1-8-3-6-11-10(7-8)5-4-9(2)12-11;1-7-5-9-3-4-10(12)6-11(9)8(7)2;1-8-3-4-10-6-9(2)7-11(10)5-8;1-6-7(2)11-10-4-3-8(12)5-9(6)10;1-7-4-8-2-3-10(11)6-9(8)5-7;2*1-2;;;;;;/h5-6,9-10H,7H2,1-3H3;6-7H,4-5H2,1-2H3;3,6-9H,5H2,1-2H3;4-5,7H,6H2,1-2H3;4-7H,1-2H3;2,5-6,8H,4H2,1H3;2*1-2H3;;;;;;/q6*-1;;;;;;;;. The average Bonchev–Trinajstić information content (AvgIpc) is 4.16. The first-order chi connectivity index (χ1) is 35.3. The van der Waals surface area contributed by atoms with E-state index in [9.17, 15) is 14.4 Å². The molecule has 410 valence electrons. The molecule has 1 fully saturated rings. The van der Waals surface area contributed by atoms with Gasteiger partial charge in [0.15, 0.2) is 0 Å². The zero-order valence-corrected chi connectivity index (χ0v) is 68.1. The van der Waals surface area contributed by atoms with Gasteiger partial charge in [0.1, 0.15) is 0 Å². The summed E-state index contributed by atoms with van der Waals surface area (Å²) in [6.45, 7) is 33.9. The third kappa shape index (κ3) is 24.3. The molecule has 5 nitrogen and oxygen atoms in total. The minimum Gasteiger partial charge on any atom is -0.346 e. The van der Waals surface area contributed by atoms with E-state index in [1.165, 1.54) is 74.2 Å². The Labute approximate surface area is 635 Å². The third-order valence-electron chi connectivity index (χ3n) is 15.2. The Bertz CT molecular complexity index is 2880. The number of aryl methyl sites for hydroxylation is 4. The molecule has 11 heteroatoms. The van der Waals surface area contributed by atoms with Crippen LogP contribution in [0.25, 0.3) is 6.08 Å². The first kappa shape index (κ1) is 82.6. The van der Waals surface area contributed by atoms with E-state index in [0.717, 1.165) is 60.1 Å². The summed E-state index contributed by atoms with van der Waals surface area (Å²) in [6.07, 6.45) is 29.9. The van der Waals surface area contributed by atoms with Crippen molar-refractivity contribution in [2.24, 2.45) is 45.5 Å². The third-order valence-corrected chi connectivity index (χ3v) is 15.2. The number of hydrogen-bond acceptors (Lipinski definition) is 5. The Balaban J connectivity index is 0. The molecule has 2 aliphatic heterocycles. The van der Waals surface area contributed by atoms with E-state index in [1.807, 2.05) is 45.9 Å². The van der Waals surface area contributed by atoms with Gasteiger partial charge in [-0.3, -0.25) is 0 Å². The van der Waals surface area contributed by atoms with Gasteiger partial charge in [0, 0.05) is 220 Å². The Morgan fingerprint density at radius 1 is 0.525 bits per heavy atom. The molecule has 12 rings (SSSR count). The van der Waals surface area contributed by atoms with E-state index in [1.54, 1.807) is 29.9 Å². The molecule has 1 saturated carbocycles. The van der Waals surface area contributed by atoms with Crippen molar-refractivity contribution in [2.75, 3.05) is 0 Å². The largest absolute Gasteiger partial charge is 0.346 e. The van der Waals surface area contributed by atoms with Crippen LogP contribution in [-0.4, -0.2) is 34.8 Å². The average molecular weight is 1520 g/mol. The second-order valence-electron chi connectivity index (χ2n) is 21.0. The Morgan fingerprint density at radius 2 is 1.10 bits per heavy atom. The first-order valence-corrected chi connectivity index (χ1v) is 27.4. The number of fused-ring (bicyclic) bond motifs is 6. The number of carbonyl (C=O) groups excluding carboxylic acids is 3. The van der Waals surface area contributed by atoms with Gasteiger partial charge in [-0.05, 0) is 106 Å². The quantitative estimate of drug-likeness (QED) is 0.166. The summed E-state index contributed by atoms with van der Waals surface area (Å²) in [5.41, 5.74) is 20.6. The van der Waals surface area contributed by atoms with E-state index in [-0.39, 0.29) is 214 Å². The van der Waals surface area contributed by atoms with Gasteiger partial charge >= 0.3 is 0 Å². The van der Waals surface area contributed by atoms with Crippen LogP contribution in [0, 0.1) is 92.7 Å². The summed E-state index contributed by atoms with van der Waals surface area (Å²) in [7, 11) is 0. The SMILES string of the molecule is CC.CC.CC1=CC2=CC(=O)[C-]=CC2C1.CC1=Cc2cc(C)[c-]cc2C1.CC1=Nc2c[c-]c(C)cc2CC1.CC1CC2C=[C-]C(=O)C=C2C1C.CC1N=C2C=[C-]C(=O)C=C2C1C.Cc1[c-]cc2c(c1)C(C)C(C)C2.[Y].[Y].[Y].[Y].[Y].[Y]. The maximum atomic E-state index is 11.0. The van der Waals surface area contributed by atoms with Gasteiger partial charge in [-0.2, -0.15) is 107 Å². The Morgan fingerprint density at radius 3 is 1.76 bits per heavy atom. The minimum absolute atomic E-state index is 0. The zero-order chi connectivity index (χ0) is 54.4. The van der Waals surface area contributed by atoms with Crippen LogP contribution in [0.4, 0.5) is 5.69 Å². The summed E-state index contributed by atoms with van der Waals surface area (Å²) in [5, 5.41) is 0. The molecule has 3 aromatic carbocycles. The van der Waals surface area contributed by atoms with E-state index < -0.39 is 0 Å². The molecule has 6 radical (unpaired) electrons. The molecule has 0 spiro atoms. The Hall–Kier alpha value is 0.553. The number of allylic oxidation sites excluding steroid dienone is 14. The van der Waals surface area contributed by atoms with Gasteiger partial charge in [0.25, 0.3) is 0 Å². The zero-order valence-electron chi connectivity index (χ0n) is 51.0. The summed E-state index contributed by atoms with van der Waals surface area (Å²) < 4.78 is 0. The number of nitrogens with zero attached hydrogens (tertiary/aromatic N) is 2. The fraction of sp³-hybridized carbons (Fsp3) is 0.435. The number of hydrogen-bond donors (Lipinski definition) is 0. The summed E-state index contributed by atoms with van der Waals surface area (Å²) in [6, 6.07) is 22.9. The fourth-order valence-corrected chi connectivity index (χ4v) is 10.5. The predicted octanol–water partition coefficient (Wildman–Crippen LogP) is 16.0. The number of rotatable bonds is 0. The van der Waals surface area contributed by atoms with Gasteiger partial charge in [-0.15, -0.1) is 51.6 Å². The smallest absolute Gasteiger partial charge is 0.0678 e. The Kier molecular flexibility index (Phi) is 42.2. The van der Waals surface area contributed by atoms with Gasteiger partial charge in [0.05, 0.1) is 5.78 Å². The van der Waals surface area contributed by atoms with Crippen molar-refractivity contribution >= 4 is 40.5 Å². The molecule has 0 amide bonds. The molecule has 9 aliphatic rings. The molecule has 8 atom stereocenters. The normalized spacial score (nSPS) is 23.3. The number of ketones is 3. The van der Waals surface area contributed by atoms with Crippen molar-refractivity contribution in [1.29, 1.82) is 0 Å². The fourth-order valence-electron chi connectivity index (χ4n) is 10.5. The predicted molar refractivity (Wildman–Crippen MR) is 310 cm³/mol. The maximum absolute atomic E-state index is 11.0. The molecule has 0 saturated heterocycles. The van der Waals surface area contributed by atoms with Crippen LogP contribution in [0.2, 0.25) is 0 Å². The van der Waals surface area contributed by atoms with E-state index >= 15 is 0 Å². The summed E-state index contributed by atoms with van der Waals surface area (Å²) in [5.74, 6) is 4.18. The molecule has 3 aromatic rings. The summed E-state index contributed by atoms with van der Waals surface area (Å²) >= 11 is 0. The van der Waals surface area contributed by atoms with Gasteiger partial charge in [-0.25, -0.2) is 12.2 Å². The van der Waals surface area contributed by atoms with Crippen molar-refractivity contribution in [2.45, 2.75) is 161 Å². The van der Waals surface area contributed by atoms with Crippen LogP contribution in [0.3, 0.4) is 0 Å². The van der Waals surface area contributed by atoms with Crippen LogP contribution in [0.15, 0.2) is 117 Å². The second kappa shape index (κ2) is 40.9. The molecule has 7 aliphatic carbocycles. The molecular weight excluding hydrogens is 1440 g/mol. The summed E-state index contributed by atoms with van der Waals surface area (Å²) in [4.78, 5) is 41.8. The first-order valence-electron chi connectivity index (χ1n) is 27.4. The van der Waals surface area contributed by atoms with Gasteiger partial charge in [0.2, 0.25) is 0 Å². The number of benzene rings is 3. The van der Waals surface area contributed by atoms with E-state index in [2.05, 4.69) is 172 Å². The molecule has 0 bridgehead atoms. The van der Waals surface area contributed by atoms with Crippen LogP contribution in [0.5, 0.6) is 0 Å². The molecular formula is C69H82N2O3Y6-6. The van der Waals surface area contributed by atoms with Crippen LogP contribution in [0.1, 0.15) is 160 Å². The van der Waals surface area contributed by atoms with Crippen molar-refractivity contribution in [1.82, 2.24) is 0 Å². The van der Waals surface area contributed by atoms with Crippen LogP contribution < -0.4 is 0 Å². The second-order valence-corrected chi connectivity index (χ2v) is 21.0. The van der Waals surface area contributed by atoms with Crippen molar-refractivity contribution in [3.8, 4) is 0 Å². The topological polar surface area (TPSA) is 75.9 Å². The maximum Gasteiger partial charge on any atom is 0.0678 e. The van der Waals surface area contributed by atoms with E-state index in [0.29, 0.717) is 35.6 Å². The van der Waals surface area contributed by atoms with Crippen LogP contribution in [-0.2, 0) is 230 Å². The minimum atomic E-state index is -0.0371. The van der Waals surface area contributed by atoms with Crippen molar-refractivity contribution in [3.05, 3.63) is 188 Å². The molecule has 2 heterocycles. The van der Waals surface area contributed by atoms with E-state index in [4.69, 9.17) is 0 Å². The van der Waals surface area contributed by atoms with Gasteiger partial charge in [-0.1, -0.05) is 119 Å².